The molecule has 0 rings (SSSR count). The van der Waals surface area contributed by atoms with Crippen molar-refractivity contribution in [3.63, 3.8) is 0 Å². The molecule has 0 aromatic heterocycles. The Morgan fingerprint density at radius 2 is 1.09 bits per heavy atom. The summed E-state index contributed by atoms with van der Waals surface area (Å²) in [7, 11) is 0. The second-order valence-electron chi connectivity index (χ2n) is 5.92. The molecule has 0 bridgehead atoms. The van der Waals surface area contributed by atoms with Crippen molar-refractivity contribution in [1.82, 2.24) is 0 Å². The third kappa shape index (κ3) is 13.5. The standard InChI is InChI=1S/C19H40O3/c1-5-9-10-11-12-13-14-15-16-18(20-6-2)17-19(21-7-3)22-8-4/h18-19H,5-17H2,1-4H3. The van der Waals surface area contributed by atoms with E-state index < -0.39 is 0 Å². The Labute approximate surface area is 139 Å². The van der Waals surface area contributed by atoms with Gasteiger partial charge in [0.25, 0.3) is 0 Å². The van der Waals surface area contributed by atoms with Gasteiger partial charge in [0, 0.05) is 26.2 Å². The van der Waals surface area contributed by atoms with Gasteiger partial charge >= 0.3 is 0 Å². The summed E-state index contributed by atoms with van der Waals surface area (Å²) in [5.41, 5.74) is 0. The molecule has 1 atom stereocenters. The van der Waals surface area contributed by atoms with Crippen molar-refractivity contribution in [1.29, 1.82) is 0 Å². The van der Waals surface area contributed by atoms with E-state index in [0.717, 1.165) is 19.4 Å². The lowest BCUT2D eigenvalue weighted by Gasteiger charge is -2.23. The highest BCUT2D eigenvalue weighted by atomic mass is 16.7. The Hall–Kier alpha value is -0.120. The zero-order chi connectivity index (χ0) is 16.5. The van der Waals surface area contributed by atoms with E-state index in [1.807, 2.05) is 13.8 Å². The molecule has 0 aromatic rings. The predicted molar refractivity (Wildman–Crippen MR) is 94.3 cm³/mol. The van der Waals surface area contributed by atoms with Gasteiger partial charge in [0.1, 0.15) is 0 Å². The van der Waals surface area contributed by atoms with Gasteiger partial charge in [-0.3, -0.25) is 0 Å². The van der Waals surface area contributed by atoms with E-state index >= 15 is 0 Å². The average molecular weight is 317 g/mol. The van der Waals surface area contributed by atoms with Gasteiger partial charge in [-0.1, -0.05) is 58.3 Å². The summed E-state index contributed by atoms with van der Waals surface area (Å²) in [6, 6.07) is 0. The zero-order valence-corrected chi connectivity index (χ0v) is 15.6. The Kier molecular flexibility index (Phi) is 17.1. The van der Waals surface area contributed by atoms with Crippen LogP contribution in [0, 0.1) is 0 Å². The average Bonchev–Trinajstić information content (AvgIpc) is 2.50. The minimum Gasteiger partial charge on any atom is -0.378 e. The summed E-state index contributed by atoms with van der Waals surface area (Å²) in [5.74, 6) is 0. The lowest BCUT2D eigenvalue weighted by atomic mass is 10.0. The molecule has 0 N–H and O–H groups in total. The van der Waals surface area contributed by atoms with Gasteiger partial charge in [-0.15, -0.1) is 0 Å². The number of unbranched alkanes of at least 4 members (excludes halogenated alkanes) is 7. The monoisotopic (exact) mass is 316 g/mol. The minimum atomic E-state index is -0.111. The largest absolute Gasteiger partial charge is 0.378 e. The second kappa shape index (κ2) is 17.2. The van der Waals surface area contributed by atoms with Crippen LogP contribution in [0.1, 0.15) is 91.9 Å². The third-order valence-corrected chi connectivity index (χ3v) is 3.94. The molecule has 0 radical (unpaired) electrons. The summed E-state index contributed by atoms with van der Waals surface area (Å²) >= 11 is 0. The number of ether oxygens (including phenoxy) is 3. The third-order valence-electron chi connectivity index (χ3n) is 3.94. The molecule has 1 unspecified atom stereocenters. The van der Waals surface area contributed by atoms with Crippen LogP contribution in [-0.2, 0) is 14.2 Å². The number of hydrogen-bond donors (Lipinski definition) is 0. The minimum absolute atomic E-state index is 0.111. The van der Waals surface area contributed by atoms with E-state index in [2.05, 4.69) is 13.8 Å². The van der Waals surface area contributed by atoms with Crippen LogP contribution in [0.3, 0.4) is 0 Å². The van der Waals surface area contributed by atoms with Gasteiger partial charge in [0.2, 0.25) is 0 Å². The van der Waals surface area contributed by atoms with E-state index in [1.54, 1.807) is 0 Å². The van der Waals surface area contributed by atoms with Gasteiger partial charge < -0.3 is 14.2 Å². The van der Waals surface area contributed by atoms with E-state index in [4.69, 9.17) is 14.2 Å². The first-order valence-corrected chi connectivity index (χ1v) is 9.63. The van der Waals surface area contributed by atoms with Gasteiger partial charge in [0.15, 0.2) is 6.29 Å². The summed E-state index contributed by atoms with van der Waals surface area (Å²) < 4.78 is 17.1. The van der Waals surface area contributed by atoms with Crippen molar-refractivity contribution in [3.8, 4) is 0 Å². The normalized spacial score (nSPS) is 13.0. The van der Waals surface area contributed by atoms with Crippen molar-refractivity contribution in [3.05, 3.63) is 0 Å². The van der Waals surface area contributed by atoms with Gasteiger partial charge in [-0.05, 0) is 27.2 Å². The van der Waals surface area contributed by atoms with Crippen LogP contribution in [0.5, 0.6) is 0 Å². The molecule has 0 spiro atoms. The smallest absolute Gasteiger partial charge is 0.160 e. The molecule has 0 saturated heterocycles. The van der Waals surface area contributed by atoms with Crippen LogP contribution < -0.4 is 0 Å². The fourth-order valence-electron chi connectivity index (χ4n) is 2.78. The first kappa shape index (κ1) is 21.9. The Bertz CT molecular complexity index is 203. The first-order chi connectivity index (χ1) is 10.8. The molecule has 0 heterocycles. The Morgan fingerprint density at radius 3 is 1.59 bits per heavy atom. The topological polar surface area (TPSA) is 27.7 Å². The zero-order valence-electron chi connectivity index (χ0n) is 15.6. The van der Waals surface area contributed by atoms with Crippen LogP contribution in [0.4, 0.5) is 0 Å². The van der Waals surface area contributed by atoms with Crippen LogP contribution in [-0.4, -0.2) is 32.2 Å². The van der Waals surface area contributed by atoms with Crippen LogP contribution >= 0.6 is 0 Å². The highest BCUT2D eigenvalue weighted by Gasteiger charge is 2.17. The molecule has 0 aromatic carbocycles. The van der Waals surface area contributed by atoms with Crippen molar-refractivity contribution < 1.29 is 14.2 Å². The predicted octanol–water partition coefficient (Wildman–Crippen LogP) is 5.71. The van der Waals surface area contributed by atoms with Crippen molar-refractivity contribution in [2.24, 2.45) is 0 Å². The molecule has 3 heteroatoms. The van der Waals surface area contributed by atoms with Gasteiger partial charge in [-0.25, -0.2) is 0 Å². The van der Waals surface area contributed by atoms with E-state index in [-0.39, 0.29) is 12.4 Å². The highest BCUT2D eigenvalue weighted by molar-refractivity contribution is 4.62. The van der Waals surface area contributed by atoms with Crippen LogP contribution in [0.15, 0.2) is 0 Å². The van der Waals surface area contributed by atoms with Crippen LogP contribution in [0.2, 0.25) is 0 Å². The molecule has 0 fully saturated rings. The molecule has 0 aliphatic heterocycles. The molecule has 0 amide bonds. The van der Waals surface area contributed by atoms with Crippen molar-refractivity contribution in [2.45, 2.75) is 104 Å². The summed E-state index contributed by atoms with van der Waals surface area (Å²) in [6.45, 7) is 10.5. The van der Waals surface area contributed by atoms with E-state index in [0.29, 0.717) is 13.2 Å². The fourth-order valence-corrected chi connectivity index (χ4v) is 2.78. The van der Waals surface area contributed by atoms with Crippen LogP contribution in [0.25, 0.3) is 0 Å². The molecule has 0 aliphatic carbocycles. The number of hydrogen-bond acceptors (Lipinski definition) is 3. The van der Waals surface area contributed by atoms with E-state index in [1.165, 1.54) is 51.4 Å². The van der Waals surface area contributed by atoms with Crippen molar-refractivity contribution in [2.75, 3.05) is 19.8 Å². The summed E-state index contributed by atoms with van der Waals surface area (Å²) in [6.07, 6.45) is 13.0. The molecule has 0 aliphatic rings. The number of rotatable bonds is 17. The SMILES string of the molecule is CCCCCCCCCCC(CC(OCC)OCC)OCC. The summed E-state index contributed by atoms with van der Waals surface area (Å²) in [4.78, 5) is 0. The molecule has 134 valence electrons. The highest BCUT2D eigenvalue weighted by Crippen LogP contribution is 2.16. The lowest BCUT2D eigenvalue weighted by molar-refractivity contribution is -0.157. The quantitative estimate of drug-likeness (QED) is 0.254. The molecule has 3 nitrogen and oxygen atoms in total. The molecule has 22 heavy (non-hydrogen) atoms. The van der Waals surface area contributed by atoms with Crippen molar-refractivity contribution >= 4 is 0 Å². The Morgan fingerprint density at radius 1 is 0.591 bits per heavy atom. The maximum Gasteiger partial charge on any atom is 0.160 e. The second-order valence-corrected chi connectivity index (χ2v) is 5.92. The van der Waals surface area contributed by atoms with E-state index in [9.17, 15) is 0 Å². The Balaban J connectivity index is 3.78. The molecule has 0 saturated carbocycles. The summed E-state index contributed by atoms with van der Waals surface area (Å²) in [5, 5.41) is 0. The maximum atomic E-state index is 5.86. The van der Waals surface area contributed by atoms with Gasteiger partial charge in [0.05, 0.1) is 6.10 Å². The lowest BCUT2D eigenvalue weighted by Crippen LogP contribution is -2.26. The molecular formula is C19H40O3. The van der Waals surface area contributed by atoms with Gasteiger partial charge in [-0.2, -0.15) is 0 Å². The maximum absolute atomic E-state index is 5.86. The fraction of sp³-hybridized carbons (Fsp3) is 1.00. The first-order valence-electron chi connectivity index (χ1n) is 9.63. The molecular weight excluding hydrogens is 276 g/mol.